The smallest absolute Gasteiger partial charge is 0.291 e. The van der Waals surface area contributed by atoms with Gasteiger partial charge in [0.25, 0.3) is 5.56 Å². The van der Waals surface area contributed by atoms with Crippen molar-refractivity contribution in [3.05, 3.63) is 34.5 Å². The lowest BCUT2D eigenvalue weighted by atomic mass is 10.4. The molecule has 0 aliphatic carbocycles. The Bertz CT molecular complexity index is 639. The van der Waals surface area contributed by atoms with E-state index in [9.17, 15) is 9.59 Å². The van der Waals surface area contributed by atoms with Gasteiger partial charge >= 0.3 is 0 Å². The number of nitrogens with one attached hydrogen (secondary N) is 1. The predicted molar refractivity (Wildman–Crippen MR) is 67.5 cm³/mol. The molecule has 1 N–H and O–H groups in total. The van der Waals surface area contributed by atoms with E-state index in [1.807, 2.05) is 13.8 Å². The van der Waals surface area contributed by atoms with Crippen molar-refractivity contribution >= 4 is 11.4 Å². The number of fused-ring (bicyclic) bond motifs is 1. The zero-order valence-corrected chi connectivity index (χ0v) is 10.7. The average Bonchev–Trinajstić information content (AvgIpc) is 2.73. The normalized spacial score (nSPS) is 11.1. The Kier molecular flexibility index (Phi) is 3.18. The van der Waals surface area contributed by atoms with Crippen molar-refractivity contribution < 1.29 is 4.79 Å². The second kappa shape index (κ2) is 4.64. The molecule has 6 nitrogen and oxygen atoms in total. The minimum Gasteiger partial charge on any atom is -0.352 e. The fourth-order valence-electron chi connectivity index (χ4n) is 1.85. The van der Waals surface area contributed by atoms with Gasteiger partial charge in [-0.15, -0.1) is 0 Å². The van der Waals surface area contributed by atoms with Gasteiger partial charge in [0.2, 0.25) is 5.91 Å². The Morgan fingerprint density at radius 1 is 1.50 bits per heavy atom. The molecule has 2 heterocycles. The fourth-order valence-corrected chi connectivity index (χ4v) is 1.85. The number of hydrogen-bond acceptors (Lipinski definition) is 3. The number of hydrogen-bond donors (Lipinski definition) is 1. The fraction of sp³-hybridized carbons (Fsp3) is 0.417. The minimum atomic E-state index is -0.260. The van der Waals surface area contributed by atoms with Crippen LogP contribution in [0.3, 0.4) is 0 Å². The van der Waals surface area contributed by atoms with Gasteiger partial charge in [-0.2, -0.15) is 5.10 Å². The van der Waals surface area contributed by atoms with Crippen LogP contribution in [0.25, 0.3) is 5.52 Å². The third-order valence-corrected chi connectivity index (χ3v) is 2.56. The Balaban J connectivity index is 2.37. The van der Waals surface area contributed by atoms with Gasteiger partial charge in [0.05, 0.1) is 0 Å². The van der Waals surface area contributed by atoms with Crippen molar-refractivity contribution in [2.24, 2.45) is 0 Å². The SMILES string of the molecule is Cc1nn(CC(=O)NC(C)C)c(=O)c2cccn12. The summed E-state index contributed by atoms with van der Waals surface area (Å²) in [7, 11) is 0. The molecule has 0 fully saturated rings. The van der Waals surface area contributed by atoms with Gasteiger partial charge in [-0.1, -0.05) is 0 Å². The second-order valence-electron chi connectivity index (χ2n) is 4.50. The van der Waals surface area contributed by atoms with Crippen LogP contribution in [0, 0.1) is 6.92 Å². The van der Waals surface area contributed by atoms with E-state index in [-0.39, 0.29) is 24.1 Å². The molecule has 0 spiro atoms. The molecule has 0 aromatic carbocycles. The van der Waals surface area contributed by atoms with Crippen LogP contribution in [0.5, 0.6) is 0 Å². The van der Waals surface area contributed by atoms with Crippen molar-refractivity contribution in [1.29, 1.82) is 0 Å². The molecule has 96 valence electrons. The lowest BCUT2D eigenvalue weighted by Gasteiger charge is -2.10. The molecule has 0 unspecified atom stereocenters. The third kappa shape index (κ3) is 2.27. The first-order valence-electron chi connectivity index (χ1n) is 5.83. The average molecular weight is 248 g/mol. The topological polar surface area (TPSA) is 68.4 Å². The third-order valence-electron chi connectivity index (χ3n) is 2.56. The maximum atomic E-state index is 12.1. The van der Waals surface area contributed by atoms with Crippen LogP contribution in [0.15, 0.2) is 23.1 Å². The summed E-state index contributed by atoms with van der Waals surface area (Å²) in [6, 6.07) is 3.55. The number of nitrogens with zero attached hydrogens (tertiary/aromatic N) is 3. The zero-order valence-electron chi connectivity index (χ0n) is 10.7. The Hall–Kier alpha value is -2.11. The van der Waals surface area contributed by atoms with Crippen molar-refractivity contribution in [3.8, 4) is 0 Å². The van der Waals surface area contributed by atoms with Crippen LogP contribution in [-0.2, 0) is 11.3 Å². The summed E-state index contributed by atoms with van der Waals surface area (Å²) in [4.78, 5) is 23.7. The number of rotatable bonds is 3. The van der Waals surface area contributed by atoms with Crippen LogP contribution >= 0.6 is 0 Å². The van der Waals surface area contributed by atoms with Gasteiger partial charge < -0.3 is 5.32 Å². The molecule has 0 saturated carbocycles. The highest BCUT2D eigenvalue weighted by molar-refractivity contribution is 5.75. The van der Waals surface area contributed by atoms with Crippen LogP contribution in [0.2, 0.25) is 0 Å². The van der Waals surface area contributed by atoms with Crippen molar-refractivity contribution in [2.45, 2.75) is 33.4 Å². The Morgan fingerprint density at radius 2 is 2.22 bits per heavy atom. The predicted octanol–water partition coefficient (Wildman–Crippen LogP) is 0.329. The quantitative estimate of drug-likeness (QED) is 0.851. The number of amides is 1. The van der Waals surface area contributed by atoms with E-state index >= 15 is 0 Å². The largest absolute Gasteiger partial charge is 0.352 e. The van der Waals surface area contributed by atoms with E-state index in [1.54, 1.807) is 29.7 Å². The van der Waals surface area contributed by atoms with E-state index in [1.165, 1.54) is 4.68 Å². The molecular weight excluding hydrogens is 232 g/mol. The van der Waals surface area contributed by atoms with Crippen molar-refractivity contribution in [1.82, 2.24) is 19.5 Å². The zero-order chi connectivity index (χ0) is 13.3. The van der Waals surface area contributed by atoms with E-state index in [4.69, 9.17) is 0 Å². The standard InChI is InChI=1S/C12H16N4O2/c1-8(2)13-11(17)7-16-12(18)10-5-4-6-15(10)9(3)14-16/h4-6,8H,7H2,1-3H3,(H,13,17). The Labute approximate surface area is 104 Å². The van der Waals surface area contributed by atoms with Crippen molar-refractivity contribution in [3.63, 3.8) is 0 Å². The lowest BCUT2D eigenvalue weighted by molar-refractivity contribution is -0.122. The minimum absolute atomic E-state index is 0.0475. The second-order valence-corrected chi connectivity index (χ2v) is 4.50. The van der Waals surface area contributed by atoms with Gasteiger partial charge in [0, 0.05) is 12.2 Å². The molecule has 2 rings (SSSR count). The highest BCUT2D eigenvalue weighted by Gasteiger charge is 2.10. The van der Waals surface area contributed by atoms with Crippen LogP contribution in [0.4, 0.5) is 0 Å². The van der Waals surface area contributed by atoms with Crippen LogP contribution in [0.1, 0.15) is 19.7 Å². The van der Waals surface area contributed by atoms with Crippen molar-refractivity contribution in [2.75, 3.05) is 0 Å². The summed E-state index contributed by atoms with van der Waals surface area (Å²) < 4.78 is 2.90. The molecule has 0 bridgehead atoms. The number of aryl methyl sites for hydroxylation is 1. The number of aromatic nitrogens is 3. The van der Waals surface area contributed by atoms with E-state index < -0.39 is 0 Å². The molecule has 0 radical (unpaired) electrons. The first-order chi connectivity index (χ1) is 8.49. The maximum absolute atomic E-state index is 12.1. The molecule has 0 aliphatic rings. The molecule has 18 heavy (non-hydrogen) atoms. The molecule has 2 aromatic rings. The van der Waals surface area contributed by atoms with E-state index in [0.29, 0.717) is 11.3 Å². The molecule has 2 aromatic heterocycles. The van der Waals surface area contributed by atoms with Gasteiger partial charge in [0.15, 0.2) is 0 Å². The van der Waals surface area contributed by atoms with Gasteiger partial charge in [-0.25, -0.2) is 4.68 Å². The summed E-state index contributed by atoms with van der Waals surface area (Å²) in [5, 5.41) is 6.86. The van der Waals surface area contributed by atoms with Crippen LogP contribution < -0.4 is 10.9 Å². The first kappa shape index (κ1) is 12.3. The van der Waals surface area contributed by atoms with Gasteiger partial charge in [0.1, 0.15) is 17.9 Å². The molecule has 1 amide bonds. The molecule has 0 aliphatic heterocycles. The molecule has 6 heteroatoms. The first-order valence-corrected chi connectivity index (χ1v) is 5.83. The summed E-state index contributed by atoms with van der Waals surface area (Å²) in [5.74, 6) is 0.460. The molecule has 0 saturated heterocycles. The van der Waals surface area contributed by atoms with E-state index in [2.05, 4.69) is 10.4 Å². The highest BCUT2D eigenvalue weighted by Crippen LogP contribution is 2.00. The summed E-state index contributed by atoms with van der Waals surface area (Å²) in [6.45, 7) is 5.48. The summed E-state index contributed by atoms with van der Waals surface area (Å²) in [5.41, 5.74) is 0.268. The van der Waals surface area contributed by atoms with E-state index in [0.717, 1.165) is 0 Å². The Morgan fingerprint density at radius 3 is 2.89 bits per heavy atom. The number of carbonyl (C=O) groups excluding carboxylic acids is 1. The summed E-state index contributed by atoms with van der Waals surface area (Å²) in [6.07, 6.45) is 1.78. The number of carbonyl (C=O) groups is 1. The van der Waals surface area contributed by atoms with Crippen LogP contribution in [-0.4, -0.2) is 26.1 Å². The van der Waals surface area contributed by atoms with Gasteiger partial charge in [-0.3, -0.25) is 14.0 Å². The molecular formula is C12H16N4O2. The lowest BCUT2D eigenvalue weighted by Crippen LogP contribution is -2.37. The molecule has 0 atom stereocenters. The monoisotopic (exact) mass is 248 g/mol. The maximum Gasteiger partial charge on any atom is 0.291 e. The summed E-state index contributed by atoms with van der Waals surface area (Å²) >= 11 is 0. The van der Waals surface area contributed by atoms with Gasteiger partial charge in [-0.05, 0) is 32.9 Å². The highest BCUT2D eigenvalue weighted by atomic mass is 16.2.